The van der Waals surface area contributed by atoms with E-state index < -0.39 is 0 Å². The number of anilines is 1. The molecule has 1 amide bonds. The molecule has 104 valence electrons. The number of rotatable bonds is 3. The van der Waals surface area contributed by atoms with Gasteiger partial charge in [-0.3, -0.25) is 9.78 Å². The quantitative estimate of drug-likeness (QED) is 0.800. The highest BCUT2D eigenvalue weighted by Gasteiger charge is 2.10. The van der Waals surface area contributed by atoms with Gasteiger partial charge in [-0.2, -0.15) is 0 Å². The van der Waals surface area contributed by atoms with Crippen molar-refractivity contribution < 1.29 is 4.79 Å². The summed E-state index contributed by atoms with van der Waals surface area (Å²) in [6.07, 6.45) is 1.59. The molecule has 0 unspecified atom stereocenters. The number of amides is 1. The summed E-state index contributed by atoms with van der Waals surface area (Å²) in [5, 5.41) is 5.47. The molecule has 2 heterocycles. The average Bonchev–Trinajstić information content (AvgIpc) is 2.97. The van der Waals surface area contributed by atoms with E-state index in [-0.39, 0.29) is 5.91 Å². The predicted molar refractivity (Wildman–Crippen MR) is 84.5 cm³/mol. The lowest BCUT2D eigenvalue weighted by Crippen LogP contribution is -2.13. The molecule has 0 aliphatic carbocycles. The van der Waals surface area contributed by atoms with E-state index in [2.05, 4.69) is 15.3 Å². The minimum atomic E-state index is -0.253. The summed E-state index contributed by atoms with van der Waals surface area (Å²) in [6.45, 7) is 2.05. The molecule has 3 aromatic rings. The Balaban J connectivity index is 1.76. The Hall–Kier alpha value is -2.53. The Labute approximate surface area is 126 Å². The lowest BCUT2D eigenvalue weighted by atomic mass is 10.2. The molecule has 0 aliphatic rings. The summed E-state index contributed by atoms with van der Waals surface area (Å²) < 4.78 is 0. The summed E-state index contributed by atoms with van der Waals surface area (Å²) >= 11 is 1.50. The van der Waals surface area contributed by atoms with Crippen LogP contribution in [0.15, 0.2) is 54.0 Å². The first-order valence-electron chi connectivity index (χ1n) is 6.47. The third-order valence-corrected chi connectivity index (χ3v) is 3.83. The maximum absolute atomic E-state index is 12.0. The van der Waals surface area contributed by atoms with E-state index in [1.165, 1.54) is 16.9 Å². The molecule has 0 atom stereocenters. The number of aromatic nitrogens is 2. The third-order valence-electron chi connectivity index (χ3n) is 2.94. The van der Waals surface area contributed by atoms with Crippen molar-refractivity contribution in [3.05, 3.63) is 65.3 Å². The number of pyridine rings is 1. The Morgan fingerprint density at radius 1 is 1.14 bits per heavy atom. The Morgan fingerprint density at radius 2 is 1.95 bits per heavy atom. The second kappa shape index (κ2) is 5.85. The number of carbonyl (C=O) groups excluding carboxylic acids is 1. The van der Waals surface area contributed by atoms with Crippen molar-refractivity contribution in [1.82, 2.24) is 9.97 Å². The van der Waals surface area contributed by atoms with Crippen molar-refractivity contribution in [2.75, 3.05) is 5.32 Å². The zero-order chi connectivity index (χ0) is 14.7. The van der Waals surface area contributed by atoms with Crippen molar-refractivity contribution in [3.63, 3.8) is 0 Å². The number of nitrogens with zero attached hydrogens (tertiary/aromatic N) is 2. The summed E-state index contributed by atoms with van der Waals surface area (Å²) in [6, 6.07) is 13.4. The third kappa shape index (κ3) is 3.14. The van der Waals surface area contributed by atoms with Crippen molar-refractivity contribution in [1.29, 1.82) is 0 Å². The first kappa shape index (κ1) is 13.5. The first-order valence-corrected chi connectivity index (χ1v) is 7.35. The van der Waals surface area contributed by atoms with Gasteiger partial charge in [-0.25, -0.2) is 4.98 Å². The van der Waals surface area contributed by atoms with Crippen LogP contribution in [0.2, 0.25) is 0 Å². The first-order chi connectivity index (χ1) is 10.2. The average molecular weight is 295 g/mol. The van der Waals surface area contributed by atoms with Gasteiger partial charge in [0.1, 0.15) is 16.5 Å². The van der Waals surface area contributed by atoms with Crippen LogP contribution in [-0.4, -0.2) is 15.9 Å². The topological polar surface area (TPSA) is 54.9 Å². The van der Waals surface area contributed by atoms with Gasteiger partial charge in [-0.05, 0) is 19.1 Å². The minimum absolute atomic E-state index is 0.253. The van der Waals surface area contributed by atoms with Gasteiger partial charge < -0.3 is 5.32 Å². The van der Waals surface area contributed by atoms with Gasteiger partial charge in [-0.1, -0.05) is 35.9 Å². The lowest BCUT2D eigenvalue weighted by molar-refractivity contribution is 0.102. The molecule has 5 heteroatoms. The van der Waals surface area contributed by atoms with Crippen LogP contribution < -0.4 is 5.32 Å². The van der Waals surface area contributed by atoms with Crippen molar-refractivity contribution in [3.8, 4) is 10.6 Å². The van der Waals surface area contributed by atoms with Crippen LogP contribution in [0.1, 0.15) is 16.1 Å². The molecule has 0 fully saturated rings. The lowest BCUT2D eigenvalue weighted by Gasteiger charge is -2.00. The largest absolute Gasteiger partial charge is 0.304 e. The Morgan fingerprint density at radius 3 is 2.67 bits per heavy atom. The van der Waals surface area contributed by atoms with Crippen LogP contribution in [0, 0.1) is 6.92 Å². The predicted octanol–water partition coefficient (Wildman–Crippen LogP) is 3.77. The van der Waals surface area contributed by atoms with Crippen molar-refractivity contribution in [2.24, 2.45) is 0 Å². The fourth-order valence-electron chi connectivity index (χ4n) is 1.84. The maximum Gasteiger partial charge on any atom is 0.275 e. The van der Waals surface area contributed by atoms with Gasteiger partial charge in [0.15, 0.2) is 0 Å². The number of aryl methyl sites for hydroxylation is 1. The summed E-state index contributed by atoms with van der Waals surface area (Å²) in [7, 11) is 0. The SMILES string of the molecule is Cc1ccc(-c2nc(NC(=O)c3ccccn3)cs2)cc1. The molecule has 1 aromatic carbocycles. The van der Waals surface area contributed by atoms with E-state index in [0.717, 1.165) is 10.6 Å². The highest BCUT2D eigenvalue weighted by atomic mass is 32.1. The summed E-state index contributed by atoms with van der Waals surface area (Å²) in [5.74, 6) is 0.294. The van der Waals surface area contributed by atoms with E-state index in [4.69, 9.17) is 0 Å². The highest BCUT2D eigenvalue weighted by molar-refractivity contribution is 7.13. The molecular weight excluding hydrogens is 282 g/mol. The van der Waals surface area contributed by atoms with E-state index in [1.54, 1.807) is 24.4 Å². The zero-order valence-electron chi connectivity index (χ0n) is 11.4. The number of hydrogen-bond acceptors (Lipinski definition) is 4. The fourth-order valence-corrected chi connectivity index (χ4v) is 2.60. The molecule has 1 N–H and O–H groups in total. The standard InChI is InChI=1S/C16H13N3OS/c1-11-5-7-12(8-6-11)16-19-14(10-21-16)18-15(20)13-4-2-3-9-17-13/h2-10H,1H3,(H,18,20). The van der Waals surface area contributed by atoms with Crippen LogP contribution in [-0.2, 0) is 0 Å². The molecule has 4 nitrogen and oxygen atoms in total. The van der Waals surface area contributed by atoms with E-state index in [0.29, 0.717) is 11.5 Å². The van der Waals surface area contributed by atoms with Crippen molar-refractivity contribution in [2.45, 2.75) is 6.92 Å². The van der Waals surface area contributed by atoms with Gasteiger partial charge in [-0.15, -0.1) is 11.3 Å². The minimum Gasteiger partial charge on any atom is -0.304 e. The van der Waals surface area contributed by atoms with Crippen LogP contribution in [0.3, 0.4) is 0 Å². The number of benzene rings is 1. The smallest absolute Gasteiger partial charge is 0.275 e. The van der Waals surface area contributed by atoms with Crippen LogP contribution >= 0.6 is 11.3 Å². The van der Waals surface area contributed by atoms with Crippen LogP contribution in [0.5, 0.6) is 0 Å². The highest BCUT2D eigenvalue weighted by Crippen LogP contribution is 2.26. The Kier molecular flexibility index (Phi) is 3.75. The molecular formula is C16H13N3OS. The zero-order valence-corrected chi connectivity index (χ0v) is 12.2. The van der Waals surface area contributed by atoms with Gasteiger partial charge in [0.2, 0.25) is 0 Å². The maximum atomic E-state index is 12.0. The van der Waals surface area contributed by atoms with Gasteiger partial charge in [0.05, 0.1) is 0 Å². The molecule has 0 radical (unpaired) electrons. The van der Waals surface area contributed by atoms with Gasteiger partial charge in [0.25, 0.3) is 5.91 Å². The molecule has 21 heavy (non-hydrogen) atoms. The second-order valence-corrected chi connectivity index (χ2v) is 5.43. The number of carbonyl (C=O) groups is 1. The van der Waals surface area contributed by atoms with Gasteiger partial charge >= 0.3 is 0 Å². The summed E-state index contributed by atoms with van der Waals surface area (Å²) in [4.78, 5) is 20.4. The van der Waals surface area contributed by atoms with E-state index >= 15 is 0 Å². The van der Waals surface area contributed by atoms with Crippen LogP contribution in [0.4, 0.5) is 5.82 Å². The number of hydrogen-bond donors (Lipinski definition) is 1. The molecule has 3 rings (SSSR count). The second-order valence-electron chi connectivity index (χ2n) is 4.57. The number of thiazole rings is 1. The number of nitrogens with one attached hydrogen (secondary N) is 1. The molecule has 0 aliphatic heterocycles. The van der Waals surface area contributed by atoms with E-state index in [9.17, 15) is 4.79 Å². The molecule has 0 spiro atoms. The molecule has 0 saturated heterocycles. The fraction of sp³-hybridized carbons (Fsp3) is 0.0625. The van der Waals surface area contributed by atoms with E-state index in [1.807, 2.05) is 36.6 Å². The normalized spacial score (nSPS) is 10.3. The Bertz CT molecular complexity index is 751. The molecule has 0 bridgehead atoms. The monoisotopic (exact) mass is 295 g/mol. The summed E-state index contributed by atoms with van der Waals surface area (Å²) in [5.41, 5.74) is 2.63. The molecule has 2 aromatic heterocycles. The van der Waals surface area contributed by atoms with Crippen LogP contribution in [0.25, 0.3) is 10.6 Å². The van der Waals surface area contributed by atoms with Gasteiger partial charge in [0, 0.05) is 17.1 Å². The molecule has 0 saturated carbocycles. The van der Waals surface area contributed by atoms with Crippen molar-refractivity contribution >= 4 is 23.1 Å².